The molecule has 0 aromatic carbocycles. The van der Waals surface area contributed by atoms with E-state index in [0.717, 1.165) is 25.7 Å². The molecular formula is C18H29NO5. The van der Waals surface area contributed by atoms with Crippen molar-refractivity contribution in [1.82, 2.24) is 5.32 Å². The smallest absolute Gasteiger partial charge is 0.309 e. The predicted octanol–water partition coefficient (Wildman–Crippen LogP) is 1.85. The van der Waals surface area contributed by atoms with Crippen molar-refractivity contribution >= 4 is 11.9 Å². The van der Waals surface area contributed by atoms with Crippen molar-refractivity contribution in [2.75, 3.05) is 19.8 Å². The number of rotatable bonds is 7. The third-order valence-corrected chi connectivity index (χ3v) is 6.77. The number of carbonyl (C=O) groups excluding carboxylic acids is 1. The fourth-order valence-electron chi connectivity index (χ4n) is 4.93. The predicted molar refractivity (Wildman–Crippen MR) is 87.5 cm³/mol. The molecule has 0 aliphatic heterocycles. The van der Waals surface area contributed by atoms with Crippen LogP contribution in [-0.2, 0) is 14.3 Å². The van der Waals surface area contributed by atoms with E-state index in [-0.39, 0.29) is 23.5 Å². The van der Waals surface area contributed by atoms with Crippen LogP contribution in [0, 0.1) is 10.8 Å². The van der Waals surface area contributed by atoms with Crippen LogP contribution in [0.2, 0.25) is 0 Å². The summed E-state index contributed by atoms with van der Waals surface area (Å²) in [5, 5.41) is 21.6. The summed E-state index contributed by atoms with van der Waals surface area (Å²) in [4.78, 5) is 24.4. The molecule has 0 heterocycles. The highest BCUT2D eigenvalue weighted by Gasteiger charge is 2.55. The Morgan fingerprint density at radius 3 is 1.96 bits per heavy atom. The molecule has 136 valence electrons. The van der Waals surface area contributed by atoms with E-state index in [2.05, 4.69) is 5.32 Å². The zero-order valence-corrected chi connectivity index (χ0v) is 14.3. The Kier molecular flexibility index (Phi) is 4.89. The summed E-state index contributed by atoms with van der Waals surface area (Å²) in [7, 11) is 0. The van der Waals surface area contributed by atoms with Crippen LogP contribution in [0.3, 0.4) is 0 Å². The fourth-order valence-corrected chi connectivity index (χ4v) is 4.93. The van der Waals surface area contributed by atoms with Crippen molar-refractivity contribution in [3.8, 4) is 0 Å². The Bertz CT molecular complexity index is 473. The summed E-state index contributed by atoms with van der Waals surface area (Å²) in [6.45, 7) is 0.802. The average Bonchev–Trinajstić information content (AvgIpc) is 3.08. The average molecular weight is 339 g/mol. The van der Waals surface area contributed by atoms with E-state index in [0.29, 0.717) is 51.7 Å². The van der Waals surface area contributed by atoms with Gasteiger partial charge in [-0.3, -0.25) is 9.59 Å². The number of ether oxygens (including phenoxy) is 1. The van der Waals surface area contributed by atoms with Gasteiger partial charge in [0.05, 0.1) is 24.2 Å². The van der Waals surface area contributed by atoms with Crippen LogP contribution in [0.1, 0.15) is 64.2 Å². The number of carboxylic acid groups (broad SMARTS) is 1. The van der Waals surface area contributed by atoms with Crippen molar-refractivity contribution < 1.29 is 24.5 Å². The first-order chi connectivity index (χ1) is 11.5. The molecule has 0 radical (unpaired) electrons. The summed E-state index contributed by atoms with van der Waals surface area (Å²) in [6.07, 6.45) is 7.89. The number of carboxylic acids is 1. The molecule has 0 saturated heterocycles. The van der Waals surface area contributed by atoms with Crippen LogP contribution in [0.5, 0.6) is 0 Å². The Hall–Kier alpha value is -1.14. The lowest BCUT2D eigenvalue weighted by Gasteiger charge is -2.50. The minimum Gasteiger partial charge on any atom is -0.481 e. The van der Waals surface area contributed by atoms with Crippen LogP contribution in [0.4, 0.5) is 0 Å². The van der Waals surface area contributed by atoms with Gasteiger partial charge in [0.2, 0.25) is 5.91 Å². The van der Waals surface area contributed by atoms with Crippen molar-refractivity contribution in [3.63, 3.8) is 0 Å². The van der Waals surface area contributed by atoms with Gasteiger partial charge < -0.3 is 20.3 Å². The highest BCUT2D eigenvalue weighted by atomic mass is 16.5. The molecule has 1 amide bonds. The lowest BCUT2D eigenvalue weighted by atomic mass is 9.53. The molecule has 0 aromatic heterocycles. The fraction of sp³-hybridized carbons (Fsp3) is 0.889. The molecule has 2 bridgehead atoms. The van der Waals surface area contributed by atoms with E-state index in [1.165, 1.54) is 0 Å². The van der Waals surface area contributed by atoms with Gasteiger partial charge in [0.1, 0.15) is 0 Å². The van der Waals surface area contributed by atoms with Crippen LogP contribution < -0.4 is 5.32 Å². The molecule has 0 atom stereocenters. The SMILES string of the molecule is O=C(O)C12CCC(C(=O)NCC3(OCCO)CCCC3)(CC1)CC2. The third-order valence-electron chi connectivity index (χ3n) is 6.77. The second kappa shape index (κ2) is 6.64. The van der Waals surface area contributed by atoms with E-state index >= 15 is 0 Å². The normalized spacial score (nSPS) is 34.2. The van der Waals surface area contributed by atoms with Crippen molar-refractivity contribution in [3.05, 3.63) is 0 Å². The van der Waals surface area contributed by atoms with E-state index in [1.54, 1.807) is 0 Å². The number of fused-ring (bicyclic) bond motifs is 3. The zero-order chi connectivity index (χ0) is 17.3. The summed E-state index contributed by atoms with van der Waals surface area (Å²) in [6, 6.07) is 0. The number of aliphatic hydroxyl groups is 1. The molecule has 24 heavy (non-hydrogen) atoms. The topological polar surface area (TPSA) is 95.9 Å². The Balaban J connectivity index is 1.59. The molecule has 0 unspecified atom stereocenters. The molecule has 4 saturated carbocycles. The minimum absolute atomic E-state index is 0.00307. The molecular weight excluding hydrogens is 310 g/mol. The maximum atomic E-state index is 12.9. The van der Waals surface area contributed by atoms with Crippen LogP contribution in [0.15, 0.2) is 0 Å². The zero-order valence-electron chi connectivity index (χ0n) is 14.3. The number of amides is 1. The number of aliphatic carboxylic acids is 1. The van der Waals surface area contributed by atoms with Gasteiger partial charge in [-0.25, -0.2) is 0 Å². The molecule has 0 aromatic rings. The van der Waals surface area contributed by atoms with Gasteiger partial charge in [0, 0.05) is 12.0 Å². The summed E-state index contributed by atoms with van der Waals surface area (Å²) in [5.41, 5.74) is -1.30. The standard InChI is InChI=1S/C18H29NO5/c20-11-12-24-18(3-1-2-4-18)13-19-14(21)16-5-8-17(9-6-16,10-7-16)15(22)23/h20H,1-13H2,(H,19,21)(H,22,23). The summed E-state index contributed by atoms with van der Waals surface area (Å²) in [5.74, 6) is -0.626. The maximum Gasteiger partial charge on any atom is 0.309 e. The second-order valence-corrected chi connectivity index (χ2v) is 8.01. The molecule has 6 nitrogen and oxygen atoms in total. The molecule has 3 N–H and O–H groups in total. The van der Waals surface area contributed by atoms with E-state index < -0.39 is 11.4 Å². The summed E-state index contributed by atoms with van der Waals surface area (Å²) < 4.78 is 5.86. The monoisotopic (exact) mass is 339 g/mol. The molecule has 4 aliphatic carbocycles. The number of aliphatic hydroxyl groups excluding tert-OH is 1. The Labute approximate surface area is 143 Å². The van der Waals surface area contributed by atoms with Gasteiger partial charge in [0.25, 0.3) is 0 Å². The molecule has 4 aliphatic rings. The Morgan fingerprint density at radius 2 is 1.46 bits per heavy atom. The second-order valence-electron chi connectivity index (χ2n) is 8.01. The quantitative estimate of drug-likeness (QED) is 0.658. The van der Waals surface area contributed by atoms with Crippen molar-refractivity contribution in [1.29, 1.82) is 0 Å². The van der Waals surface area contributed by atoms with Gasteiger partial charge in [-0.15, -0.1) is 0 Å². The van der Waals surface area contributed by atoms with Crippen molar-refractivity contribution in [2.24, 2.45) is 10.8 Å². The first-order valence-corrected chi connectivity index (χ1v) is 9.23. The maximum absolute atomic E-state index is 12.9. The first-order valence-electron chi connectivity index (χ1n) is 9.23. The van der Waals surface area contributed by atoms with Crippen LogP contribution >= 0.6 is 0 Å². The van der Waals surface area contributed by atoms with Gasteiger partial charge in [0.15, 0.2) is 0 Å². The van der Waals surface area contributed by atoms with Gasteiger partial charge in [-0.1, -0.05) is 12.8 Å². The molecule has 0 spiro atoms. The lowest BCUT2D eigenvalue weighted by molar-refractivity contribution is -0.163. The van der Waals surface area contributed by atoms with Crippen molar-refractivity contribution in [2.45, 2.75) is 69.8 Å². The van der Waals surface area contributed by atoms with Crippen LogP contribution in [-0.4, -0.2) is 47.4 Å². The number of nitrogens with one attached hydrogen (secondary N) is 1. The van der Waals surface area contributed by atoms with E-state index in [4.69, 9.17) is 9.84 Å². The van der Waals surface area contributed by atoms with Gasteiger partial charge >= 0.3 is 5.97 Å². The van der Waals surface area contributed by atoms with E-state index in [9.17, 15) is 14.7 Å². The lowest BCUT2D eigenvalue weighted by Crippen LogP contribution is -2.54. The number of hydrogen-bond donors (Lipinski definition) is 3. The highest BCUT2D eigenvalue weighted by Crippen LogP contribution is 2.57. The van der Waals surface area contributed by atoms with Gasteiger partial charge in [-0.05, 0) is 51.4 Å². The molecule has 6 heteroatoms. The van der Waals surface area contributed by atoms with E-state index in [1.807, 2.05) is 0 Å². The number of hydrogen-bond acceptors (Lipinski definition) is 4. The first kappa shape index (κ1) is 17.7. The molecule has 4 fully saturated rings. The molecule has 4 rings (SSSR count). The minimum atomic E-state index is -0.696. The highest BCUT2D eigenvalue weighted by molar-refractivity contribution is 5.84. The summed E-state index contributed by atoms with van der Waals surface area (Å²) >= 11 is 0. The Morgan fingerprint density at radius 1 is 0.917 bits per heavy atom. The third kappa shape index (κ3) is 3.06. The van der Waals surface area contributed by atoms with Crippen LogP contribution in [0.25, 0.3) is 0 Å². The number of carbonyl (C=O) groups is 2. The van der Waals surface area contributed by atoms with Gasteiger partial charge in [-0.2, -0.15) is 0 Å². The largest absolute Gasteiger partial charge is 0.481 e.